The molecule has 2 aliphatic rings. The number of carbonyl (C=O) groups is 2. The standard InChI is InChI=1S/C15H25NO5/c1-14(2,3)21-13(19)16-7-6-15(10-16,12(17)18)9-11-5-4-8-20-11/h11H,4-10H2,1-3H3,(H,17,18). The smallest absolute Gasteiger partial charge is 0.410 e. The lowest BCUT2D eigenvalue weighted by Gasteiger charge is -2.28. The van der Waals surface area contributed by atoms with Crippen LogP contribution in [0.3, 0.4) is 0 Å². The van der Waals surface area contributed by atoms with Gasteiger partial charge in [-0.2, -0.15) is 0 Å². The molecular weight excluding hydrogens is 274 g/mol. The molecule has 2 fully saturated rings. The van der Waals surface area contributed by atoms with Crippen LogP contribution < -0.4 is 0 Å². The van der Waals surface area contributed by atoms with Crippen molar-refractivity contribution in [1.29, 1.82) is 0 Å². The van der Waals surface area contributed by atoms with Crippen molar-refractivity contribution in [3.8, 4) is 0 Å². The van der Waals surface area contributed by atoms with Crippen molar-refractivity contribution in [2.24, 2.45) is 5.41 Å². The van der Waals surface area contributed by atoms with E-state index in [0.29, 0.717) is 26.0 Å². The molecule has 0 spiro atoms. The number of nitrogens with zero attached hydrogens (tertiary/aromatic N) is 1. The van der Waals surface area contributed by atoms with Gasteiger partial charge in [-0.15, -0.1) is 0 Å². The Bertz CT molecular complexity index is 411. The minimum atomic E-state index is -0.897. The van der Waals surface area contributed by atoms with Crippen LogP contribution in [0.4, 0.5) is 4.79 Å². The van der Waals surface area contributed by atoms with Crippen LogP contribution in [0.15, 0.2) is 0 Å². The van der Waals surface area contributed by atoms with E-state index in [-0.39, 0.29) is 12.6 Å². The number of hydrogen-bond donors (Lipinski definition) is 1. The van der Waals surface area contributed by atoms with Crippen molar-refractivity contribution in [3.63, 3.8) is 0 Å². The van der Waals surface area contributed by atoms with Crippen molar-refractivity contribution in [3.05, 3.63) is 0 Å². The number of aliphatic carboxylic acids is 1. The zero-order valence-corrected chi connectivity index (χ0v) is 13.1. The molecule has 0 saturated carbocycles. The first kappa shape index (κ1) is 16.1. The normalized spacial score (nSPS) is 29.7. The van der Waals surface area contributed by atoms with Gasteiger partial charge in [0, 0.05) is 19.7 Å². The zero-order chi connectivity index (χ0) is 15.7. The highest BCUT2D eigenvalue weighted by Crippen LogP contribution is 2.38. The average Bonchev–Trinajstić information content (AvgIpc) is 2.97. The SMILES string of the molecule is CC(C)(C)OC(=O)N1CCC(CC2CCCO2)(C(=O)O)C1. The summed E-state index contributed by atoms with van der Waals surface area (Å²) in [6.07, 6.45) is 2.39. The van der Waals surface area contributed by atoms with Gasteiger partial charge in [-0.3, -0.25) is 4.79 Å². The Morgan fingerprint density at radius 3 is 2.67 bits per heavy atom. The van der Waals surface area contributed by atoms with E-state index < -0.39 is 23.1 Å². The Balaban J connectivity index is 2.01. The van der Waals surface area contributed by atoms with Gasteiger partial charge in [0.05, 0.1) is 11.5 Å². The molecule has 0 aromatic rings. The average molecular weight is 299 g/mol. The third kappa shape index (κ3) is 3.87. The van der Waals surface area contributed by atoms with E-state index in [2.05, 4.69) is 0 Å². The quantitative estimate of drug-likeness (QED) is 0.865. The molecule has 2 saturated heterocycles. The molecule has 2 aliphatic heterocycles. The highest BCUT2D eigenvalue weighted by Gasteiger charge is 2.48. The molecule has 1 amide bonds. The summed E-state index contributed by atoms with van der Waals surface area (Å²) in [4.78, 5) is 25.3. The van der Waals surface area contributed by atoms with E-state index in [1.807, 2.05) is 0 Å². The van der Waals surface area contributed by atoms with Gasteiger partial charge >= 0.3 is 12.1 Å². The Kier molecular flexibility index (Phi) is 4.46. The minimum Gasteiger partial charge on any atom is -0.481 e. The number of rotatable bonds is 3. The summed E-state index contributed by atoms with van der Waals surface area (Å²) in [6.45, 7) is 6.74. The van der Waals surface area contributed by atoms with Gasteiger partial charge in [-0.25, -0.2) is 4.79 Å². The molecule has 0 bridgehead atoms. The fraction of sp³-hybridized carbons (Fsp3) is 0.867. The third-order valence-corrected chi connectivity index (χ3v) is 4.10. The lowest BCUT2D eigenvalue weighted by Crippen LogP contribution is -2.41. The van der Waals surface area contributed by atoms with Crippen LogP contribution in [0.1, 0.15) is 46.5 Å². The van der Waals surface area contributed by atoms with Crippen LogP contribution in [-0.2, 0) is 14.3 Å². The Hall–Kier alpha value is -1.30. The van der Waals surface area contributed by atoms with E-state index in [1.165, 1.54) is 4.90 Å². The lowest BCUT2D eigenvalue weighted by atomic mass is 9.81. The largest absolute Gasteiger partial charge is 0.481 e. The molecule has 0 aromatic carbocycles. The molecule has 2 unspecified atom stereocenters. The first-order chi connectivity index (χ1) is 9.72. The van der Waals surface area contributed by atoms with Crippen molar-refractivity contribution >= 4 is 12.1 Å². The topological polar surface area (TPSA) is 76.1 Å². The van der Waals surface area contributed by atoms with Crippen molar-refractivity contribution in [1.82, 2.24) is 4.90 Å². The first-order valence-corrected chi connectivity index (χ1v) is 7.55. The molecule has 2 rings (SSSR count). The van der Waals surface area contributed by atoms with Gasteiger partial charge in [-0.1, -0.05) is 0 Å². The van der Waals surface area contributed by atoms with Crippen LogP contribution in [0.2, 0.25) is 0 Å². The van der Waals surface area contributed by atoms with Gasteiger partial charge in [-0.05, 0) is 46.5 Å². The van der Waals surface area contributed by atoms with Gasteiger partial charge in [0.1, 0.15) is 5.60 Å². The maximum Gasteiger partial charge on any atom is 0.410 e. The molecule has 2 atom stereocenters. The van der Waals surface area contributed by atoms with Crippen LogP contribution in [0.5, 0.6) is 0 Å². The van der Waals surface area contributed by atoms with E-state index in [4.69, 9.17) is 9.47 Å². The molecule has 6 nitrogen and oxygen atoms in total. The second-order valence-corrected chi connectivity index (χ2v) is 7.08. The number of hydrogen-bond acceptors (Lipinski definition) is 4. The maximum absolute atomic E-state index is 12.1. The number of carboxylic acids is 1. The van der Waals surface area contributed by atoms with Crippen molar-refractivity contribution in [2.75, 3.05) is 19.7 Å². The van der Waals surface area contributed by atoms with Gasteiger partial charge in [0.15, 0.2) is 0 Å². The highest BCUT2D eigenvalue weighted by atomic mass is 16.6. The monoisotopic (exact) mass is 299 g/mol. The second-order valence-electron chi connectivity index (χ2n) is 7.08. The van der Waals surface area contributed by atoms with E-state index in [1.54, 1.807) is 20.8 Å². The van der Waals surface area contributed by atoms with Crippen LogP contribution in [0.25, 0.3) is 0 Å². The van der Waals surface area contributed by atoms with Gasteiger partial charge < -0.3 is 19.5 Å². The van der Waals surface area contributed by atoms with Gasteiger partial charge in [0.2, 0.25) is 0 Å². The van der Waals surface area contributed by atoms with E-state index in [0.717, 1.165) is 12.8 Å². The third-order valence-electron chi connectivity index (χ3n) is 4.10. The minimum absolute atomic E-state index is 0.000290. The fourth-order valence-corrected chi connectivity index (χ4v) is 3.02. The Morgan fingerprint density at radius 2 is 2.14 bits per heavy atom. The fourth-order valence-electron chi connectivity index (χ4n) is 3.02. The van der Waals surface area contributed by atoms with E-state index in [9.17, 15) is 14.7 Å². The molecule has 2 heterocycles. The highest BCUT2D eigenvalue weighted by molar-refractivity contribution is 5.78. The molecule has 0 aliphatic carbocycles. The predicted molar refractivity (Wildman–Crippen MR) is 76.1 cm³/mol. The Morgan fingerprint density at radius 1 is 1.43 bits per heavy atom. The number of ether oxygens (including phenoxy) is 2. The molecule has 120 valence electrons. The summed E-state index contributed by atoms with van der Waals surface area (Å²) in [5.74, 6) is -0.843. The Labute approximate surface area is 125 Å². The number of carboxylic acid groups (broad SMARTS) is 1. The number of likely N-dealkylation sites (tertiary alicyclic amines) is 1. The number of carbonyl (C=O) groups excluding carboxylic acids is 1. The second kappa shape index (κ2) is 5.83. The molecule has 1 N–H and O–H groups in total. The van der Waals surface area contributed by atoms with Crippen LogP contribution in [-0.4, -0.2) is 53.5 Å². The summed E-state index contributed by atoms with van der Waals surface area (Å²) in [5.41, 5.74) is -1.47. The van der Waals surface area contributed by atoms with Gasteiger partial charge in [0.25, 0.3) is 0 Å². The first-order valence-electron chi connectivity index (χ1n) is 7.55. The molecule has 6 heteroatoms. The summed E-state index contributed by atoms with van der Waals surface area (Å²) in [6, 6.07) is 0. The van der Waals surface area contributed by atoms with Crippen molar-refractivity contribution in [2.45, 2.75) is 58.2 Å². The molecular formula is C15H25NO5. The zero-order valence-electron chi connectivity index (χ0n) is 13.1. The molecule has 0 radical (unpaired) electrons. The summed E-state index contributed by atoms with van der Waals surface area (Å²) >= 11 is 0. The summed E-state index contributed by atoms with van der Waals surface area (Å²) < 4.78 is 10.9. The molecule has 0 aromatic heterocycles. The van der Waals surface area contributed by atoms with Crippen LogP contribution in [0, 0.1) is 5.41 Å². The predicted octanol–water partition coefficient (Wildman–Crippen LogP) is 2.27. The lowest BCUT2D eigenvalue weighted by molar-refractivity contribution is -0.150. The maximum atomic E-state index is 12.1. The van der Waals surface area contributed by atoms with E-state index >= 15 is 0 Å². The van der Waals surface area contributed by atoms with Crippen molar-refractivity contribution < 1.29 is 24.2 Å². The molecule has 21 heavy (non-hydrogen) atoms. The van der Waals surface area contributed by atoms with Crippen LogP contribution >= 0.6 is 0 Å². The summed E-state index contributed by atoms with van der Waals surface area (Å²) in [5, 5.41) is 9.62. The summed E-state index contributed by atoms with van der Waals surface area (Å²) in [7, 11) is 0. The number of amides is 1.